The number of aromatic nitrogens is 1. The highest BCUT2D eigenvalue weighted by Gasteiger charge is 2.36. The minimum Gasteiger partial charge on any atom is -0.457 e. The van der Waals surface area contributed by atoms with Crippen LogP contribution in [0.3, 0.4) is 0 Å². The SMILES string of the molecule is O=C1c2ccc(Oc3cccc(-n4c(=O)c5ccccc5c5ccccc5c4=O)c3)cc2C(=O)N1c1ccccc1. The second-order valence-corrected chi connectivity index (χ2v) is 9.62. The molecule has 1 aliphatic rings. The van der Waals surface area contributed by atoms with E-state index < -0.39 is 22.9 Å². The molecule has 0 saturated carbocycles. The third-order valence-corrected chi connectivity index (χ3v) is 7.20. The van der Waals surface area contributed by atoms with Crippen molar-refractivity contribution in [1.82, 2.24) is 4.57 Å². The molecule has 0 saturated heterocycles. The minimum absolute atomic E-state index is 0.235. The van der Waals surface area contributed by atoms with Gasteiger partial charge in [-0.3, -0.25) is 19.2 Å². The number of ether oxygens (including phenoxy) is 1. The zero-order valence-corrected chi connectivity index (χ0v) is 21.5. The van der Waals surface area contributed by atoms with E-state index in [0.717, 1.165) is 9.47 Å². The highest BCUT2D eigenvalue weighted by atomic mass is 16.5. The monoisotopic (exact) mass is 536 g/mol. The molecule has 0 radical (unpaired) electrons. The first kappa shape index (κ1) is 24.2. The number of amides is 2. The molecule has 0 atom stereocenters. The van der Waals surface area contributed by atoms with Crippen LogP contribution in [0.1, 0.15) is 20.7 Å². The van der Waals surface area contributed by atoms with Gasteiger partial charge >= 0.3 is 0 Å². The number of benzene rings is 5. The number of nitrogens with zero attached hydrogens (tertiary/aromatic N) is 2. The van der Waals surface area contributed by atoms with Crippen molar-refractivity contribution in [3.05, 3.63) is 153 Å². The second-order valence-electron chi connectivity index (χ2n) is 9.62. The summed E-state index contributed by atoms with van der Waals surface area (Å²) in [5.74, 6) is -0.149. The van der Waals surface area contributed by atoms with Crippen LogP contribution in [0.25, 0.3) is 27.2 Å². The maximum absolute atomic E-state index is 13.7. The molecule has 0 spiro atoms. The molecule has 7 rings (SSSR count). The van der Waals surface area contributed by atoms with Gasteiger partial charge in [0.05, 0.1) is 22.5 Å². The van der Waals surface area contributed by atoms with Crippen LogP contribution in [0, 0.1) is 0 Å². The van der Waals surface area contributed by atoms with Crippen molar-refractivity contribution >= 4 is 39.0 Å². The summed E-state index contributed by atoms with van der Waals surface area (Å²) in [4.78, 5) is 54.7. The molecule has 0 fully saturated rings. The van der Waals surface area contributed by atoms with E-state index in [4.69, 9.17) is 4.74 Å². The van der Waals surface area contributed by atoms with Crippen molar-refractivity contribution in [2.45, 2.75) is 0 Å². The summed E-state index contributed by atoms with van der Waals surface area (Å²) >= 11 is 0. The molecule has 1 aliphatic heterocycles. The molecule has 1 aromatic heterocycles. The number of carbonyl (C=O) groups is 2. The summed E-state index contributed by atoms with van der Waals surface area (Å²) in [5, 5.41) is 2.22. The maximum Gasteiger partial charge on any atom is 0.266 e. The molecule has 2 amide bonds. The first-order valence-corrected chi connectivity index (χ1v) is 12.9. The Kier molecular flexibility index (Phi) is 5.57. The molecule has 5 aromatic carbocycles. The minimum atomic E-state index is -0.443. The van der Waals surface area contributed by atoms with Crippen molar-refractivity contribution in [2.24, 2.45) is 0 Å². The second kappa shape index (κ2) is 9.43. The zero-order chi connectivity index (χ0) is 28.1. The third-order valence-electron chi connectivity index (χ3n) is 7.20. The Bertz CT molecular complexity index is 2100. The standard InChI is InChI=1S/C34H20N2O5/c37-31-27-15-6-4-13-25(27)26-14-5-7-16-28(26)32(38)36(31)22-11-8-12-23(19-22)41-24-17-18-29-30(20-24)34(40)35(33(29)39)21-9-2-1-3-10-21/h1-20H. The number of hydrogen-bond donors (Lipinski definition) is 0. The van der Waals surface area contributed by atoms with E-state index in [2.05, 4.69) is 0 Å². The normalized spacial score (nSPS) is 12.6. The van der Waals surface area contributed by atoms with Crippen LogP contribution in [-0.4, -0.2) is 16.4 Å². The van der Waals surface area contributed by atoms with Crippen molar-refractivity contribution in [3.8, 4) is 17.2 Å². The molecule has 0 unspecified atom stereocenters. The van der Waals surface area contributed by atoms with Crippen LogP contribution in [0.4, 0.5) is 5.69 Å². The van der Waals surface area contributed by atoms with E-state index in [0.29, 0.717) is 44.4 Å². The summed E-state index contributed by atoms with van der Waals surface area (Å²) in [7, 11) is 0. The smallest absolute Gasteiger partial charge is 0.266 e. The van der Waals surface area contributed by atoms with Crippen molar-refractivity contribution < 1.29 is 14.3 Å². The Morgan fingerprint density at radius 1 is 0.439 bits per heavy atom. The number of fused-ring (bicyclic) bond motifs is 4. The van der Waals surface area contributed by atoms with Gasteiger partial charge in [0.1, 0.15) is 11.5 Å². The number of carbonyl (C=O) groups excluding carboxylic acids is 2. The number of rotatable bonds is 4. The van der Waals surface area contributed by atoms with Crippen LogP contribution in [0.15, 0.2) is 131 Å². The number of hydrogen-bond acceptors (Lipinski definition) is 5. The van der Waals surface area contributed by atoms with Gasteiger partial charge in [0, 0.05) is 16.8 Å². The van der Waals surface area contributed by atoms with E-state index in [1.54, 1.807) is 84.9 Å². The number of para-hydroxylation sites is 1. The summed E-state index contributed by atoms with van der Waals surface area (Å²) in [5.41, 5.74) is 0.468. The molecule has 196 valence electrons. The average molecular weight is 537 g/mol. The van der Waals surface area contributed by atoms with Gasteiger partial charge in [0.2, 0.25) is 0 Å². The predicted molar refractivity (Wildman–Crippen MR) is 157 cm³/mol. The van der Waals surface area contributed by atoms with Gasteiger partial charge in [-0.2, -0.15) is 0 Å². The first-order chi connectivity index (χ1) is 20.0. The lowest BCUT2D eigenvalue weighted by atomic mass is 10.1. The molecule has 2 heterocycles. The highest BCUT2D eigenvalue weighted by molar-refractivity contribution is 6.34. The molecular weight excluding hydrogens is 516 g/mol. The molecule has 0 N–H and O–H groups in total. The quantitative estimate of drug-likeness (QED) is 0.254. The van der Waals surface area contributed by atoms with Gasteiger partial charge in [-0.25, -0.2) is 9.47 Å². The largest absolute Gasteiger partial charge is 0.457 e. The topological polar surface area (TPSA) is 85.7 Å². The lowest BCUT2D eigenvalue weighted by Gasteiger charge is -2.13. The van der Waals surface area contributed by atoms with E-state index in [1.165, 1.54) is 6.07 Å². The van der Waals surface area contributed by atoms with E-state index in [1.807, 2.05) is 30.3 Å². The molecular formula is C34H20N2O5. The van der Waals surface area contributed by atoms with Crippen molar-refractivity contribution in [1.29, 1.82) is 0 Å². The summed E-state index contributed by atoms with van der Waals surface area (Å²) in [6.45, 7) is 0. The number of imide groups is 1. The summed E-state index contributed by atoms with van der Waals surface area (Å²) < 4.78 is 7.22. The van der Waals surface area contributed by atoms with E-state index >= 15 is 0 Å². The molecule has 0 bridgehead atoms. The molecule has 7 nitrogen and oxygen atoms in total. The fourth-order valence-electron chi connectivity index (χ4n) is 5.29. The lowest BCUT2D eigenvalue weighted by Crippen LogP contribution is -2.29. The highest BCUT2D eigenvalue weighted by Crippen LogP contribution is 2.32. The van der Waals surface area contributed by atoms with Gasteiger partial charge in [-0.1, -0.05) is 60.7 Å². The van der Waals surface area contributed by atoms with Gasteiger partial charge in [0.25, 0.3) is 22.9 Å². The van der Waals surface area contributed by atoms with Crippen molar-refractivity contribution in [3.63, 3.8) is 0 Å². The van der Waals surface area contributed by atoms with E-state index in [-0.39, 0.29) is 11.1 Å². The Hall–Kier alpha value is -5.82. The fourth-order valence-corrected chi connectivity index (χ4v) is 5.29. The Morgan fingerprint density at radius 2 is 0.976 bits per heavy atom. The van der Waals surface area contributed by atoms with Gasteiger partial charge in [-0.05, 0) is 65.4 Å². The summed E-state index contributed by atoms with van der Waals surface area (Å²) in [6, 6.07) is 34.4. The van der Waals surface area contributed by atoms with Crippen LogP contribution >= 0.6 is 0 Å². The lowest BCUT2D eigenvalue weighted by molar-refractivity contribution is 0.0926. The van der Waals surface area contributed by atoms with Crippen LogP contribution < -0.4 is 20.8 Å². The Labute approximate surface area is 233 Å². The maximum atomic E-state index is 13.7. The first-order valence-electron chi connectivity index (χ1n) is 12.9. The predicted octanol–water partition coefficient (Wildman–Crippen LogP) is 6.10. The summed E-state index contributed by atoms with van der Waals surface area (Å²) in [6.07, 6.45) is 0. The molecule has 6 aromatic rings. The Morgan fingerprint density at radius 3 is 1.63 bits per heavy atom. The third kappa shape index (κ3) is 3.91. The van der Waals surface area contributed by atoms with E-state index in [9.17, 15) is 19.2 Å². The zero-order valence-electron chi connectivity index (χ0n) is 21.5. The van der Waals surface area contributed by atoms with Crippen LogP contribution in [0.5, 0.6) is 11.5 Å². The van der Waals surface area contributed by atoms with Crippen LogP contribution in [-0.2, 0) is 0 Å². The number of anilines is 1. The van der Waals surface area contributed by atoms with Crippen molar-refractivity contribution in [2.75, 3.05) is 4.90 Å². The van der Waals surface area contributed by atoms with Gasteiger partial charge in [0.15, 0.2) is 0 Å². The Balaban J connectivity index is 1.30. The molecule has 0 aliphatic carbocycles. The fraction of sp³-hybridized carbons (Fsp3) is 0. The molecule has 7 heteroatoms. The average Bonchev–Trinajstić information content (AvgIpc) is 3.21. The van der Waals surface area contributed by atoms with Gasteiger partial charge in [-0.15, -0.1) is 0 Å². The van der Waals surface area contributed by atoms with Crippen LogP contribution in [0.2, 0.25) is 0 Å². The molecule has 41 heavy (non-hydrogen) atoms. The van der Waals surface area contributed by atoms with Gasteiger partial charge < -0.3 is 4.74 Å².